The van der Waals surface area contributed by atoms with Crippen molar-refractivity contribution < 1.29 is 0 Å². The molecule has 0 aliphatic heterocycles. The van der Waals surface area contributed by atoms with Crippen molar-refractivity contribution in [2.75, 3.05) is 0 Å². The second-order valence-electron chi connectivity index (χ2n) is 4.10. The van der Waals surface area contributed by atoms with E-state index in [1.54, 1.807) is 23.0 Å². The number of aryl methyl sites for hydroxylation is 1. The van der Waals surface area contributed by atoms with Crippen LogP contribution in [0.2, 0.25) is 0 Å². The Hall–Kier alpha value is -2.16. The summed E-state index contributed by atoms with van der Waals surface area (Å²) in [5, 5.41) is 1.74. The molecule has 0 aliphatic carbocycles. The van der Waals surface area contributed by atoms with Gasteiger partial charge in [-0.1, -0.05) is 19.1 Å². The van der Waals surface area contributed by atoms with Gasteiger partial charge in [-0.15, -0.1) is 0 Å². The van der Waals surface area contributed by atoms with Crippen LogP contribution >= 0.6 is 0 Å². The van der Waals surface area contributed by atoms with Gasteiger partial charge >= 0.3 is 0 Å². The number of fused-ring (bicyclic) bond motifs is 2. The Bertz CT molecular complexity index is 759. The van der Waals surface area contributed by atoms with Crippen LogP contribution in [0.25, 0.3) is 16.3 Å². The molecule has 0 saturated heterocycles. The minimum absolute atomic E-state index is 0.0163. The Balaban J connectivity index is 2.50. The zero-order valence-corrected chi connectivity index (χ0v) is 9.55. The summed E-state index contributed by atoms with van der Waals surface area (Å²) >= 11 is 0. The average molecular weight is 224 g/mol. The van der Waals surface area contributed by atoms with Crippen LogP contribution in [0.15, 0.2) is 47.7 Å². The van der Waals surface area contributed by atoms with Gasteiger partial charge in [-0.05, 0) is 29.5 Å². The number of hydrogen-bond donors (Lipinski definition) is 0. The van der Waals surface area contributed by atoms with E-state index in [-0.39, 0.29) is 5.56 Å². The lowest BCUT2D eigenvalue weighted by molar-refractivity contribution is 1.08. The first-order valence-corrected chi connectivity index (χ1v) is 5.67. The van der Waals surface area contributed by atoms with Gasteiger partial charge in [0.05, 0.1) is 11.7 Å². The minimum Gasteiger partial charge on any atom is -0.281 e. The highest BCUT2D eigenvalue weighted by Gasteiger charge is 2.03. The molecule has 2 heterocycles. The van der Waals surface area contributed by atoms with Gasteiger partial charge in [0.15, 0.2) is 0 Å². The number of rotatable bonds is 1. The lowest BCUT2D eigenvalue weighted by atomic mass is 10.1. The van der Waals surface area contributed by atoms with Crippen LogP contribution in [0.5, 0.6) is 0 Å². The number of hydrogen-bond acceptors (Lipinski definition) is 2. The Morgan fingerprint density at radius 2 is 2.18 bits per heavy atom. The molecule has 0 aliphatic rings. The van der Waals surface area contributed by atoms with Crippen LogP contribution < -0.4 is 5.56 Å². The van der Waals surface area contributed by atoms with E-state index < -0.39 is 0 Å². The van der Waals surface area contributed by atoms with Crippen molar-refractivity contribution in [3.05, 3.63) is 58.8 Å². The Morgan fingerprint density at radius 1 is 1.29 bits per heavy atom. The lowest BCUT2D eigenvalue weighted by Gasteiger charge is -2.04. The molecule has 3 heteroatoms. The smallest absolute Gasteiger partial charge is 0.263 e. The first-order chi connectivity index (χ1) is 8.29. The van der Waals surface area contributed by atoms with Crippen molar-refractivity contribution in [1.82, 2.24) is 9.38 Å². The molecule has 0 unspecified atom stereocenters. The van der Waals surface area contributed by atoms with Crippen molar-refractivity contribution in [3.63, 3.8) is 0 Å². The van der Waals surface area contributed by atoms with Crippen LogP contribution in [0, 0.1) is 0 Å². The summed E-state index contributed by atoms with van der Waals surface area (Å²) in [6.45, 7) is 2.11. The second kappa shape index (κ2) is 3.70. The largest absolute Gasteiger partial charge is 0.281 e. The number of pyridine rings is 1. The van der Waals surface area contributed by atoms with Gasteiger partial charge in [0.1, 0.15) is 0 Å². The average Bonchev–Trinajstić information content (AvgIpc) is 2.38. The summed E-state index contributed by atoms with van der Waals surface area (Å²) in [6, 6.07) is 7.99. The molecule has 17 heavy (non-hydrogen) atoms. The molecule has 0 bridgehead atoms. The molecule has 84 valence electrons. The number of nitrogens with zero attached hydrogens (tertiary/aromatic N) is 2. The van der Waals surface area contributed by atoms with E-state index in [9.17, 15) is 4.79 Å². The summed E-state index contributed by atoms with van der Waals surface area (Å²) < 4.78 is 1.63. The SMILES string of the molecule is CCc1ccc2c(=O)n3ccncc3cc2c1. The molecule has 0 saturated carbocycles. The van der Waals surface area contributed by atoms with Gasteiger partial charge in [-0.3, -0.25) is 14.2 Å². The maximum Gasteiger partial charge on any atom is 0.263 e. The van der Waals surface area contributed by atoms with E-state index in [2.05, 4.69) is 18.0 Å². The predicted octanol–water partition coefficient (Wildman–Crippen LogP) is 2.41. The van der Waals surface area contributed by atoms with Crippen molar-refractivity contribution in [2.45, 2.75) is 13.3 Å². The Morgan fingerprint density at radius 3 is 3.00 bits per heavy atom. The summed E-state index contributed by atoms with van der Waals surface area (Å²) in [6.07, 6.45) is 6.01. The van der Waals surface area contributed by atoms with E-state index in [0.717, 1.165) is 22.7 Å². The highest BCUT2D eigenvalue weighted by atomic mass is 16.1. The molecule has 0 N–H and O–H groups in total. The summed E-state index contributed by atoms with van der Waals surface area (Å²) in [5.41, 5.74) is 2.09. The summed E-state index contributed by atoms with van der Waals surface area (Å²) in [4.78, 5) is 16.3. The molecular formula is C14H12N2O. The number of benzene rings is 1. The van der Waals surface area contributed by atoms with Gasteiger partial charge in [0, 0.05) is 17.8 Å². The van der Waals surface area contributed by atoms with Gasteiger partial charge in [-0.2, -0.15) is 0 Å². The Labute approximate surface area is 98.4 Å². The van der Waals surface area contributed by atoms with Gasteiger partial charge in [0.25, 0.3) is 5.56 Å². The zero-order chi connectivity index (χ0) is 11.8. The van der Waals surface area contributed by atoms with E-state index in [0.29, 0.717) is 0 Å². The Kier molecular flexibility index (Phi) is 2.18. The number of aromatic nitrogens is 2. The molecule has 3 rings (SSSR count). The fourth-order valence-electron chi connectivity index (χ4n) is 2.10. The van der Waals surface area contributed by atoms with E-state index in [4.69, 9.17) is 0 Å². The molecule has 0 amide bonds. The van der Waals surface area contributed by atoms with Gasteiger partial charge in [0.2, 0.25) is 0 Å². The fraction of sp³-hybridized carbons (Fsp3) is 0.143. The minimum atomic E-state index is 0.0163. The molecule has 1 aromatic carbocycles. The van der Waals surface area contributed by atoms with Crippen LogP contribution in [-0.2, 0) is 6.42 Å². The first-order valence-electron chi connectivity index (χ1n) is 5.67. The normalized spacial score (nSPS) is 11.1. The van der Waals surface area contributed by atoms with E-state index in [1.807, 2.05) is 18.2 Å². The third-order valence-corrected chi connectivity index (χ3v) is 3.06. The van der Waals surface area contributed by atoms with Crippen molar-refractivity contribution >= 4 is 16.3 Å². The molecule has 0 spiro atoms. The fourth-order valence-corrected chi connectivity index (χ4v) is 2.10. The maximum atomic E-state index is 12.2. The molecule has 0 atom stereocenters. The van der Waals surface area contributed by atoms with Gasteiger partial charge in [-0.25, -0.2) is 0 Å². The molecule has 3 nitrogen and oxygen atoms in total. The van der Waals surface area contributed by atoms with E-state index >= 15 is 0 Å². The third-order valence-electron chi connectivity index (χ3n) is 3.06. The third kappa shape index (κ3) is 1.51. The second-order valence-corrected chi connectivity index (χ2v) is 4.10. The molecule has 0 radical (unpaired) electrons. The van der Waals surface area contributed by atoms with Crippen molar-refractivity contribution in [1.29, 1.82) is 0 Å². The predicted molar refractivity (Wildman–Crippen MR) is 68.3 cm³/mol. The van der Waals surface area contributed by atoms with Crippen molar-refractivity contribution in [3.8, 4) is 0 Å². The molecule has 0 fully saturated rings. The van der Waals surface area contributed by atoms with Crippen LogP contribution in [0.3, 0.4) is 0 Å². The zero-order valence-electron chi connectivity index (χ0n) is 9.55. The molecular weight excluding hydrogens is 212 g/mol. The van der Waals surface area contributed by atoms with Crippen molar-refractivity contribution in [2.24, 2.45) is 0 Å². The van der Waals surface area contributed by atoms with Crippen LogP contribution in [0.4, 0.5) is 0 Å². The topological polar surface area (TPSA) is 34.4 Å². The highest BCUT2D eigenvalue weighted by Crippen LogP contribution is 2.15. The maximum absolute atomic E-state index is 12.2. The van der Waals surface area contributed by atoms with Crippen LogP contribution in [-0.4, -0.2) is 9.38 Å². The standard InChI is InChI=1S/C14H12N2O/c1-2-10-3-4-13-11(7-10)8-12-9-15-5-6-16(12)14(13)17/h3-9H,2H2,1H3. The summed E-state index contributed by atoms with van der Waals surface area (Å²) in [5.74, 6) is 0. The molecule has 3 aromatic rings. The lowest BCUT2D eigenvalue weighted by Crippen LogP contribution is -2.13. The van der Waals surface area contributed by atoms with Gasteiger partial charge < -0.3 is 0 Å². The highest BCUT2D eigenvalue weighted by molar-refractivity contribution is 5.85. The quantitative estimate of drug-likeness (QED) is 0.595. The summed E-state index contributed by atoms with van der Waals surface area (Å²) in [7, 11) is 0. The van der Waals surface area contributed by atoms with Crippen LogP contribution in [0.1, 0.15) is 12.5 Å². The first kappa shape index (κ1) is 10.0. The molecule has 2 aromatic heterocycles. The monoisotopic (exact) mass is 224 g/mol. The van der Waals surface area contributed by atoms with E-state index in [1.165, 1.54) is 5.56 Å².